The van der Waals surface area contributed by atoms with Crippen molar-refractivity contribution in [2.24, 2.45) is 58.2 Å². The summed E-state index contributed by atoms with van der Waals surface area (Å²) >= 11 is 7.24. The number of rotatable bonds is 8. The van der Waals surface area contributed by atoms with E-state index in [2.05, 4.69) is 101 Å². The van der Waals surface area contributed by atoms with Crippen LogP contribution in [0.2, 0.25) is 0 Å². The van der Waals surface area contributed by atoms with E-state index in [4.69, 9.17) is 11.6 Å². The predicted octanol–water partition coefficient (Wildman–Crippen LogP) is 12.8. The molecule has 11 unspecified atom stereocenters. The fourth-order valence-corrected chi connectivity index (χ4v) is 12.5. The van der Waals surface area contributed by atoms with Crippen LogP contribution in [0.25, 0.3) is 0 Å². The van der Waals surface area contributed by atoms with Crippen LogP contribution in [0.1, 0.15) is 138 Å². The number of nitrogens with one attached hydrogen (secondary N) is 2. The monoisotopic (exact) mass is 733 g/mol. The molecular formula is C50H69ClN2. The predicted molar refractivity (Wildman–Crippen MR) is 224 cm³/mol. The van der Waals surface area contributed by atoms with Crippen LogP contribution < -0.4 is 10.6 Å². The first-order valence-corrected chi connectivity index (χ1v) is 22.6. The molecule has 0 saturated heterocycles. The highest BCUT2D eigenvalue weighted by atomic mass is 35.5. The lowest BCUT2D eigenvalue weighted by atomic mass is 9.63. The van der Waals surface area contributed by atoms with Crippen molar-refractivity contribution in [3.8, 4) is 0 Å². The Morgan fingerprint density at radius 3 is 2.06 bits per heavy atom. The van der Waals surface area contributed by atoms with Crippen molar-refractivity contribution in [1.29, 1.82) is 0 Å². The Balaban J connectivity index is 1.05. The molecule has 0 radical (unpaired) electrons. The summed E-state index contributed by atoms with van der Waals surface area (Å²) in [6.07, 6.45) is 39.5. The Hall–Kier alpha value is -2.03. The van der Waals surface area contributed by atoms with E-state index in [-0.39, 0.29) is 16.9 Å². The van der Waals surface area contributed by atoms with Crippen LogP contribution in [-0.4, -0.2) is 18.1 Å². The molecule has 0 heterocycles. The van der Waals surface area contributed by atoms with Crippen molar-refractivity contribution >= 4 is 11.6 Å². The van der Waals surface area contributed by atoms with Gasteiger partial charge in [0.1, 0.15) is 0 Å². The molecule has 0 bridgehead atoms. The van der Waals surface area contributed by atoms with Gasteiger partial charge in [-0.15, -0.1) is 0 Å². The van der Waals surface area contributed by atoms with E-state index in [1.54, 1.807) is 22.3 Å². The van der Waals surface area contributed by atoms with E-state index in [1.807, 2.05) is 11.1 Å². The van der Waals surface area contributed by atoms with Crippen molar-refractivity contribution < 1.29 is 0 Å². The fraction of sp³-hybridized carbons (Fsp3) is 0.680. The summed E-state index contributed by atoms with van der Waals surface area (Å²) in [5, 5.41) is 9.74. The number of hydrogen-bond donors (Lipinski definition) is 2. The van der Waals surface area contributed by atoms with Crippen LogP contribution >= 0.6 is 11.6 Å². The van der Waals surface area contributed by atoms with Crippen molar-refractivity contribution in [3.05, 3.63) is 92.8 Å². The summed E-state index contributed by atoms with van der Waals surface area (Å²) in [6.45, 7) is 14.9. The minimum atomic E-state index is 0.224. The van der Waals surface area contributed by atoms with Crippen molar-refractivity contribution in [1.82, 2.24) is 10.6 Å². The van der Waals surface area contributed by atoms with Crippen molar-refractivity contribution in [2.45, 2.75) is 156 Å². The van der Waals surface area contributed by atoms with Crippen LogP contribution in [0, 0.1) is 58.2 Å². The highest BCUT2D eigenvalue weighted by Crippen LogP contribution is 2.60. The average Bonchev–Trinajstić information content (AvgIpc) is 4.01. The van der Waals surface area contributed by atoms with E-state index in [1.165, 1.54) is 95.6 Å². The van der Waals surface area contributed by atoms with Gasteiger partial charge in [0.15, 0.2) is 0 Å². The Morgan fingerprint density at radius 1 is 0.642 bits per heavy atom. The molecule has 0 aromatic rings. The second-order valence-corrected chi connectivity index (χ2v) is 21.7. The molecule has 0 spiro atoms. The maximum atomic E-state index is 7.24. The van der Waals surface area contributed by atoms with Gasteiger partial charge in [0.05, 0.1) is 6.04 Å². The summed E-state index contributed by atoms with van der Waals surface area (Å²) in [5.74, 6) is 5.39. The first-order chi connectivity index (χ1) is 25.4. The summed E-state index contributed by atoms with van der Waals surface area (Å²) in [4.78, 5) is 0. The highest BCUT2D eigenvalue weighted by molar-refractivity contribution is 6.29. The number of halogens is 1. The summed E-state index contributed by atoms with van der Waals surface area (Å²) in [7, 11) is 0. The van der Waals surface area contributed by atoms with Crippen LogP contribution in [0.15, 0.2) is 92.8 Å². The molecule has 2 saturated carbocycles. The lowest BCUT2D eigenvalue weighted by Gasteiger charge is -2.46. The quantitative estimate of drug-likeness (QED) is 0.243. The van der Waals surface area contributed by atoms with Crippen molar-refractivity contribution in [3.63, 3.8) is 0 Å². The fourth-order valence-electron chi connectivity index (χ4n) is 12.2. The largest absolute Gasteiger partial charge is 0.378 e. The smallest absolute Gasteiger partial charge is 0.0542 e. The molecule has 0 aliphatic heterocycles. The number of hydrogen-bond acceptors (Lipinski definition) is 2. The van der Waals surface area contributed by atoms with Gasteiger partial charge in [-0.1, -0.05) is 117 Å². The molecule has 2 N–H and O–H groups in total. The molecular weight excluding hydrogens is 664 g/mol. The lowest BCUT2D eigenvalue weighted by molar-refractivity contribution is 0.205. The maximum Gasteiger partial charge on any atom is 0.0542 e. The first-order valence-electron chi connectivity index (χ1n) is 22.2. The number of allylic oxidation sites excluding steroid dienone is 9. The normalized spacial score (nSPS) is 39.6. The Morgan fingerprint density at radius 2 is 1.43 bits per heavy atom. The third-order valence-electron chi connectivity index (χ3n) is 15.7. The van der Waals surface area contributed by atoms with Crippen LogP contribution in [0.3, 0.4) is 0 Å². The van der Waals surface area contributed by atoms with Gasteiger partial charge in [0.25, 0.3) is 0 Å². The summed E-state index contributed by atoms with van der Waals surface area (Å²) < 4.78 is 0. The number of fused-ring (bicyclic) bond motifs is 2. The van der Waals surface area contributed by atoms with Crippen molar-refractivity contribution in [2.75, 3.05) is 0 Å². The Labute approximate surface area is 327 Å². The molecule has 53 heavy (non-hydrogen) atoms. The third kappa shape index (κ3) is 7.48. The Kier molecular flexibility index (Phi) is 9.78. The molecule has 9 aliphatic rings. The van der Waals surface area contributed by atoms with E-state index in [0.717, 1.165) is 23.3 Å². The molecule has 3 heteroatoms. The summed E-state index contributed by atoms with van der Waals surface area (Å²) in [6, 6.07) is 0.966. The van der Waals surface area contributed by atoms with Crippen LogP contribution in [0.5, 0.6) is 0 Å². The molecule has 0 amide bonds. The van der Waals surface area contributed by atoms with Gasteiger partial charge in [0.2, 0.25) is 0 Å². The zero-order chi connectivity index (χ0) is 36.6. The molecule has 9 rings (SSSR count). The van der Waals surface area contributed by atoms with Gasteiger partial charge in [-0.05, 0) is 160 Å². The van der Waals surface area contributed by atoms with Gasteiger partial charge in [-0.3, -0.25) is 0 Å². The minimum absolute atomic E-state index is 0.224. The summed E-state index contributed by atoms with van der Waals surface area (Å²) in [5.41, 5.74) is 12.4. The van der Waals surface area contributed by atoms with E-state index in [0.29, 0.717) is 47.6 Å². The van der Waals surface area contributed by atoms with E-state index < -0.39 is 0 Å². The topological polar surface area (TPSA) is 24.1 Å². The second-order valence-electron chi connectivity index (χ2n) is 21.2. The first kappa shape index (κ1) is 36.6. The van der Waals surface area contributed by atoms with E-state index >= 15 is 0 Å². The molecule has 286 valence electrons. The lowest BCUT2D eigenvalue weighted by Crippen LogP contribution is -2.50. The van der Waals surface area contributed by atoms with Crippen LogP contribution in [-0.2, 0) is 0 Å². The average molecular weight is 734 g/mol. The van der Waals surface area contributed by atoms with Gasteiger partial charge in [0, 0.05) is 35.2 Å². The van der Waals surface area contributed by atoms with E-state index in [9.17, 15) is 0 Å². The van der Waals surface area contributed by atoms with Crippen LogP contribution in [0.4, 0.5) is 0 Å². The van der Waals surface area contributed by atoms with Gasteiger partial charge >= 0.3 is 0 Å². The zero-order valence-corrected chi connectivity index (χ0v) is 34.7. The molecule has 0 aromatic heterocycles. The van der Waals surface area contributed by atoms with Gasteiger partial charge in [-0.2, -0.15) is 0 Å². The Bertz CT molecular complexity index is 1710. The molecule has 9 aliphatic carbocycles. The second kappa shape index (κ2) is 14.2. The molecule has 11 atom stereocenters. The molecule has 2 nitrogen and oxygen atoms in total. The molecule has 0 aromatic carbocycles. The highest BCUT2D eigenvalue weighted by Gasteiger charge is 2.50. The minimum Gasteiger partial charge on any atom is -0.378 e. The molecule has 2 fully saturated rings. The van der Waals surface area contributed by atoms with Gasteiger partial charge < -0.3 is 10.6 Å². The maximum absolute atomic E-state index is 7.24. The SMILES string of the molecule is CC(C)(C)C1C=C(C2CC=CCC2)C(NC2C=C(NC3C(C4CC=C5CC54)=CC(C(C)(C)C)CC3C3=C4CC4CC3)C=C(Cl)C2)C(C2=CCCCC2)C1. The standard InChI is InChI=1S/C50H69ClN2/c1-49(2,3)34-23-43(30-13-9-7-10-14-30)47(44(24-34)31-15-11-8-12-16-31)52-37-27-36(51)28-38(29-37)53-48-45(39-19-17-32-21-41(32)39)25-35(50(4,5)6)26-46(48)40-20-18-33-22-42(33)40/h7,9,15,17,23,25,28-30,33-35,37,39,41,44,46-48,52-53H,8,10-14,16,18-22,24,26-27H2,1-6H3. The van der Waals surface area contributed by atoms with Gasteiger partial charge in [-0.25, -0.2) is 0 Å². The third-order valence-corrected chi connectivity index (χ3v) is 15.9. The zero-order valence-electron chi connectivity index (χ0n) is 34.0.